The van der Waals surface area contributed by atoms with Crippen molar-refractivity contribution in [3.05, 3.63) is 28.3 Å². The number of carbonyl (C=O) groups is 3. The number of aliphatic hydroxyl groups is 1. The number of halogens is 1. The Labute approximate surface area is 214 Å². The van der Waals surface area contributed by atoms with Gasteiger partial charge in [0.15, 0.2) is 5.69 Å². The zero-order chi connectivity index (χ0) is 24.5. The normalized spacial score (nSPS) is 30.5. The van der Waals surface area contributed by atoms with E-state index in [-0.39, 0.29) is 53.2 Å². The molecular weight excluding hydrogens is 494 g/mol. The Morgan fingerprint density at radius 2 is 2.03 bits per heavy atom. The Morgan fingerprint density at radius 3 is 2.69 bits per heavy atom. The fourth-order valence-corrected chi connectivity index (χ4v) is 7.44. The summed E-state index contributed by atoms with van der Waals surface area (Å²) in [5.74, 6) is -0.921. The maximum atomic E-state index is 13.2. The Balaban J connectivity index is 0.00000289. The predicted molar refractivity (Wildman–Crippen MR) is 123 cm³/mol. The molecule has 0 unspecified atom stereocenters. The number of thioether (sulfide) groups is 1. The van der Waals surface area contributed by atoms with E-state index in [2.05, 4.69) is 27.6 Å². The van der Waals surface area contributed by atoms with Gasteiger partial charge in [-0.1, -0.05) is 6.92 Å². The maximum absolute atomic E-state index is 13.2. The van der Waals surface area contributed by atoms with E-state index in [0.29, 0.717) is 31.0 Å². The van der Waals surface area contributed by atoms with Crippen molar-refractivity contribution >= 4 is 29.5 Å². The smallest absolute Gasteiger partial charge is 0.353 e. The fraction of sp³-hybridized carbons (Fsp3) is 0.652. The Morgan fingerprint density at radius 1 is 1.31 bits per heavy atom. The predicted octanol–water partition coefficient (Wildman–Crippen LogP) is -3.42. The molecule has 12 heteroatoms. The molecule has 2 amide bonds. The molecule has 1 aromatic rings. The molecule has 5 heterocycles. The van der Waals surface area contributed by atoms with Crippen molar-refractivity contribution in [3.63, 3.8) is 0 Å². The van der Waals surface area contributed by atoms with Crippen molar-refractivity contribution in [2.45, 2.75) is 63.7 Å². The van der Waals surface area contributed by atoms with Crippen LogP contribution in [0.3, 0.4) is 0 Å². The lowest BCUT2D eigenvalue weighted by molar-refractivity contribution is -0.677. The number of imidazole rings is 1. The third-order valence-corrected chi connectivity index (χ3v) is 9.35. The van der Waals surface area contributed by atoms with Gasteiger partial charge in [0.05, 0.1) is 44.2 Å². The highest BCUT2D eigenvalue weighted by Gasteiger charge is 2.60. The van der Waals surface area contributed by atoms with Crippen LogP contribution in [0, 0.1) is 18.8 Å². The van der Waals surface area contributed by atoms with Gasteiger partial charge in [0.1, 0.15) is 18.4 Å². The lowest BCUT2D eigenvalue weighted by Gasteiger charge is -2.46. The van der Waals surface area contributed by atoms with Crippen molar-refractivity contribution in [1.29, 1.82) is 0 Å². The summed E-state index contributed by atoms with van der Waals surface area (Å²) in [5.41, 5.74) is 1.17. The molecule has 2 saturated heterocycles. The molecule has 0 saturated carbocycles. The van der Waals surface area contributed by atoms with E-state index in [0.717, 1.165) is 12.2 Å². The highest BCUT2D eigenvalue weighted by atomic mass is 35.5. The largest absolute Gasteiger partial charge is 1.00 e. The number of rotatable bonds is 5. The van der Waals surface area contributed by atoms with Crippen LogP contribution in [0.15, 0.2) is 16.8 Å². The van der Waals surface area contributed by atoms with Gasteiger partial charge in [-0.15, -0.1) is 11.8 Å². The van der Waals surface area contributed by atoms with Gasteiger partial charge in [-0.3, -0.25) is 9.59 Å². The summed E-state index contributed by atoms with van der Waals surface area (Å²) in [6, 6.07) is -0.620. The molecule has 35 heavy (non-hydrogen) atoms. The van der Waals surface area contributed by atoms with Crippen LogP contribution in [-0.4, -0.2) is 78.9 Å². The first-order valence-electron chi connectivity index (χ1n) is 11.8. The van der Waals surface area contributed by atoms with Crippen LogP contribution in [0.5, 0.6) is 0 Å². The minimum absolute atomic E-state index is 0. The summed E-state index contributed by atoms with van der Waals surface area (Å²) in [4.78, 5) is 41.8. The van der Waals surface area contributed by atoms with Gasteiger partial charge in [-0.25, -0.2) is 13.9 Å². The molecule has 0 aromatic carbocycles. The van der Waals surface area contributed by atoms with Crippen LogP contribution in [-0.2, 0) is 34.5 Å². The van der Waals surface area contributed by atoms with Crippen LogP contribution >= 0.6 is 11.8 Å². The van der Waals surface area contributed by atoms with Gasteiger partial charge in [0.2, 0.25) is 11.8 Å². The first-order chi connectivity index (χ1) is 16.1. The number of nitrogens with zero attached hydrogens (tertiary/aromatic N) is 4. The minimum Gasteiger partial charge on any atom is -1.00 e. The molecule has 0 aliphatic carbocycles. The van der Waals surface area contributed by atoms with Gasteiger partial charge in [-0.2, -0.15) is 0 Å². The molecule has 1 aromatic heterocycles. The van der Waals surface area contributed by atoms with Crippen molar-refractivity contribution in [2.24, 2.45) is 18.9 Å². The van der Waals surface area contributed by atoms with E-state index in [1.807, 2.05) is 18.9 Å². The van der Waals surface area contributed by atoms with E-state index < -0.39 is 18.0 Å². The van der Waals surface area contributed by atoms with Gasteiger partial charge in [0.25, 0.3) is 5.82 Å². The second-order valence-corrected chi connectivity index (χ2v) is 11.2. The molecule has 192 valence electrons. The van der Waals surface area contributed by atoms with Crippen LogP contribution in [0.4, 0.5) is 0 Å². The van der Waals surface area contributed by atoms with E-state index in [1.165, 1.54) is 22.5 Å². The first-order valence-corrected chi connectivity index (χ1v) is 12.7. The summed E-state index contributed by atoms with van der Waals surface area (Å²) in [6.45, 7) is 8.21. The molecule has 10 nitrogen and oxygen atoms in total. The lowest BCUT2D eigenvalue weighted by atomic mass is 9.79. The average Bonchev–Trinajstić information content (AvgIpc) is 3.42. The number of carbonyl (C=O) groups excluding carboxylic acids is 2. The van der Waals surface area contributed by atoms with E-state index >= 15 is 0 Å². The molecule has 0 spiro atoms. The van der Waals surface area contributed by atoms with E-state index in [9.17, 15) is 24.6 Å². The molecule has 4 aliphatic rings. The number of amides is 2. The molecular formula is C23H32ClN5O5S. The average molecular weight is 526 g/mol. The monoisotopic (exact) mass is 525 g/mol. The van der Waals surface area contributed by atoms with Gasteiger partial charge in [0, 0.05) is 29.5 Å². The summed E-state index contributed by atoms with van der Waals surface area (Å²) in [7, 11) is 2.01. The van der Waals surface area contributed by atoms with Crippen LogP contribution in [0.1, 0.15) is 31.8 Å². The number of fused-ring (bicyclic) bond motifs is 2. The van der Waals surface area contributed by atoms with Crippen LogP contribution < -0.4 is 22.3 Å². The highest BCUT2D eigenvalue weighted by molar-refractivity contribution is 8.03. The number of β-lactam (4-membered cyclic amide) rings is 1. The van der Waals surface area contributed by atoms with Crippen molar-refractivity contribution in [2.75, 3.05) is 13.1 Å². The topological polar surface area (TPSA) is 119 Å². The molecule has 6 atom stereocenters. The molecule has 0 bridgehead atoms. The molecule has 2 fully saturated rings. The Kier molecular flexibility index (Phi) is 7.00. The van der Waals surface area contributed by atoms with Gasteiger partial charge < -0.3 is 37.7 Å². The molecule has 4 aliphatic heterocycles. The number of aromatic nitrogens is 2. The second-order valence-electron chi connectivity index (χ2n) is 9.90. The van der Waals surface area contributed by atoms with Crippen molar-refractivity contribution in [3.8, 4) is 0 Å². The fourth-order valence-electron chi connectivity index (χ4n) is 5.96. The molecule has 0 radical (unpaired) electrons. The number of aliphatic hydroxyl groups excluding tert-OH is 1. The summed E-state index contributed by atoms with van der Waals surface area (Å²) >= 11 is 1.47. The minimum atomic E-state index is -1.12. The van der Waals surface area contributed by atoms with E-state index in [4.69, 9.17) is 0 Å². The van der Waals surface area contributed by atoms with Gasteiger partial charge >= 0.3 is 5.97 Å². The number of hydrogen-bond donors (Lipinski definition) is 3. The van der Waals surface area contributed by atoms with Crippen LogP contribution in [0.2, 0.25) is 0 Å². The zero-order valence-corrected chi connectivity index (χ0v) is 21.8. The number of carboxylic acids is 1. The number of aliphatic carboxylic acids is 1. The third kappa shape index (κ3) is 4.06. The summed E-state index contributed by atoms with van der Waals surface area (Å²) in [5, 5.41) is 23.2. The highest BCUT2D eigenvalue weighted by Crippen LogP contribution is 2.51. The standard InChI is InChI=1S/C23H31N5O5S.ClH/c1-11-18-17(12(2)29)22(31)28(18)19(23(32)33)20(11)34-15-7-16(24-8-15)21(30)26-5-6-27-13(3)25(4)9-14(27)10-26;/h9,11-12,15-18,24,29H,5-8,10H2,1-4H3;1H/t11-,12-,15+,16+,17-,18-;/m1./s1. The Hall–Kier alpha value is -2.08. The molecule has 5 rings (SSSR count). The quantitative estimate of drug-likeness (QED) is 0.271. The first kappa shape index (κ1) is 26.0. The van der Waals surface area contributed by atoms with E-state index in [1.54, 1.807) is 6.92 Å². The molecule has 3 N–H and O–H groups in total. The number of nitrogens with one attached hydrogen (secondary N) is 1. The summed E-state index contributed by atoms with van der Waals surface area (Å²) < 4.78 is 4.33. The van der Waals surface area contributed by atoms with Crippen molar-refractivity contribution in [1.82, 2.24) is 19.7 Å². The zero-order valence-electron chi connectivity index (χ0n) is 20.3. The lowest BCUT2D eigenvalue weighted by Crippen LogP contribution is -3.00. The third-order valence-electron chi connectivity index (χ3n) is 7.84. The maximum Gasteiger partial charge on any atom is 0.353 e. The summed E-state index contributed by atoms with van der Waals surface area (Å²) in [6.07, 6.45) is 1.86. The number of hydrogen-bond acceptors (Lipinski definition) is 6. The Bertz CT molecular complexity index is 1100. The van der Waals surface area contributed by atoms with Gasteiger partial charge in [-0.05, 0) is 13.3 Å². The van der Waals surface area contributed by atoms with Crippen LogP contribution in [0.25, 0.3) is 0 Å². The SMILES string of the molecule is Cc1n2c(c[n+]1C)CN(C(=O)[C@@H]1C[C@H](SC3=C(C(=O)O)N4C(=O)[C@H]([C@@H](C)O)[C@H]4[C@H]3C)CN1)CC2.[Cl-]. The number of carboxylic acid groups (broad SMARTS) is 1. The second kappa shape index (κ2) is 9.42. The van der Waals surface area contributed by atoms with Crippen molar-refractivity contribution < 1.29 is 41.6 Å². The number of aryl methyl sites for hydroxylation is 1.